The standard InChI is InChI=1S/C13H19NO3/c1-9(12(8-14)13(15)16)7-10-3-5-11(17-2)6-4-10/h3-6,9,12H,7-8,14H2,1-2H3,(H,15,16). The molecule has 0 aromatic heterocycles. The summed E-state index contributed by atoms with van der Waals surface area (Å²) in [5.74, 6) is -0.494. The maximum atomic E-state index is 11.0. The van der Waals surface area contributed by atoms with Gasteiger partial charge in [-0.25, -0.2) is 0 Å². The minimum atomic E-state index is -0.825. The van der Waals surface area contributed by atoms with Gasteiger partial charge in [-0.1, -0.05) is 19.1 Å². The first-order chi connectivity index (χ1) is 8.08. The van der Waals surface area contributed by atoms with E-state index >= 15 is 0 Å². The van der Waals surface area contributed by atoms with Crippen LogP contribution < -0.4 is 10.5 Å². The van der Waals surface area contributed by atoms with Crippen LogP contribution in [0.25, 0.3) is 0 Å². The van der Waals surface area contributed by atoms with E-state index in [2.05, 4.69) is 0 Å². The van der Waals surface area contributed by atoms with Crippen LogP contribution in [-0.2, 0) is 11.2 Å². The first-order valence-electron chi connectivity index (χ1n) is 5.64. The smallest absolute Gasteiger partial charge is 0.308 e. The van der Waals surface area contributed by atoms with Crippen molar-refractivity contribution in [3.8, 4) is 5.75 Å². The van der Waals surface area contributed by atoms with Crippen molar-refractivity contribution in [3.63, 3.8) is 0 Å². The van der Waals surface area contributed by atoms with Gasteiger partial charge in [-0.3, -0.25) is 4.79 Å². The largest absolute Gasteiger partial charge is 0.497 e. The van der Waals surface area contributed by atoms with Gasteiger partial charge in [0.2, 0.25) is 0 Å². The van der Waals surface area contributed by atoms with E-state index in [4.69, 9.17) is 15.6 Å². The second-order valence-electron chi connectivity index (χ2n) is 4.21. The lowest BCUT2D eigenvalue weighted by Crippen LogP contribution is -2.30. The Labute approximate surface area is 101 Å². The summed E-state index contributed by atoms with van der Waals surface area (Å²) in [4.78, 5) is 11.0. The number of benzene rings is 1. The predicted octanol–water partition coefficient (Wildman–Crippen LogP) is 1.53. The van der Waals surface area contributed by atoms with Crippen LogP contribution in [0, 0.1) is 11.8 Å². The molecule has 0 fully saturated rings. The molecule has 0 spiro atoms. The van der Waals surface area contributed by atoms with E-state index in [1.807, 2.05) is 31.2 Å². The second-order valence-corrected chi connectivity index (χ2v) is 4.21. The highest BCUT2D eigenvalue weighted by molar-refractivity contribution is 5.70. The fraction of sp³-hybridized carbons (Fsp3) is 0.462. The Bertz CT molecular complexity index is 361. The van der Waals surface area contributed by atoms with Crippen LogP contribution in [-0.4, -0.2) is 24.7 Å². The summed E-state index contributed by atoms with van der Waals surface area (Å²) in [6, 6.07) is 7.65. The van der Waals surface area contributed by atoms with Gasteiger partial charge >= 0.3 is 5.97 Å². The lowest BCUT2D eigenvalue weighted by Gasteiger charge is -2.18. The van der Waals surface area contributed by atoms with Crippen molar-refractivity contribution >= 4 is 5.97 Å². The molecule has 17 heavy (non-hydrogen) atoms. The van der Waals surface area contributed by atoms with E-state index in [0.29, 0.717) is 6.42 Å². The molecule has 1 aromatic carbocycles. The molecule has 0 radical (unpaired) electrons. The topological polar surface area (TPSA) is 72.5 Å². The number of hydrogen-bond donors (Lipinski definition) is 2. The number of aliphatic carboxylic acids is 1. The SMILES string of the molecule is COc1ccc(CC(C)C(CN)C(=O)O)cc1. The zero-order valence-electron chi connectivity index (χ0n) is 10.2. The van der Waals surface area contributed by atoms with Crippen LogP contribution in [0.4, 0.5) is 0 Å². The van der Waals surface area contributed by atoms with E-state index in [1.165, 1.54) is 0 Å². The summed E-state index contributed by atoms with van der Waals surface area (Å²) in [6.07, 6.45) is 0.707. The maximum absolute atomic E-state index is 11.0. The molecule has 4 heteroatoms. The fourth-order valence-corrected chi connectivity index (χ4v) is 1.85. The summed E-state index contributed by atoms with van der Waals surface area (Å²) < 4.78 is 5.07. The Morgan fingerprint density at radius 3 is 2.41 bits per heavy atom. The number of methoxy groups -OCH3 is 1. The summed E-state index contributed by atoms with van der Waals surface area (Å²) in [5.41, 5.74) is 6.57. The average molecular weight is 237 g/mol. The van der Waals surface area contributed by atoms with Crippen LogP contribution in [0.15, 0.2) is 24.3 Å². The van der Waals surface area contributed by atoms with Crippen LogP contribution in [0.2, 0.25) is 0 Å². The number of hydrogen-bond acceptors (Lipinski definition) is 3. The zero-order chi connectivity index (χ0) is 12.8. The van der Waals surface area contributed by atoms with E-state index < -0.39 is 11.9 Å². The number of carboxylic acid groups (broad SMARTS) is 1. The molecule has 1 aromatic rings. The highest BCUT2D eigenvalue weighted by atomic mass is 16.5. The normalized spacial score (nSPS) is 14.1. The molecular formula is C13H19NO3. The van der Waals surface area contributed by atoms with Gasteiger partial charge < -0.3 is 15.6 Å². The Kier molecular flexibility index (Phi) is 4.97. The predicted molar refractivity (Wildman–Crippen MR) is 66.0 cm³/mol. The van der Waals surface area contributed by atoms with Crippen molar-refractivity contribution in [2.45, 2.75) is 13.3 Å². The lowest BCUT2D eigenvalue weighted by atomic mass is 9.88. The number of carbonyl (C=O) groups is 1. The first kappa shape index (κ1) is 13.5. The molecule has 1 rings (SSSR count). The van der Waals surface area contributed by atoms with Crippen molar-refractivity contribution in [2.24, 2.45) is 17.6 Å². The molecule has 0 saturated carbocycles. The van der Waals surface area contributed by atoms with Gasteiger partial charge in [0.1, 0.15) is 5.75 Å². The van der Waals surface area contributed by atoms with Crippen LogP contribution in [0.3, 0.4) is 0 Å². The highest BCUT2D eigenvalue weighted by Gasteiger charge is 2.23. The van der Waals surface area contributed by atoms with E-state index in [9.17, 15) is 4.79 Å². The van der Waals surface area contributed by atoms with Crippen molar-refractivity contribution in [3.05, 3.63) is 29.8 Å². The van der Waals surface area contributed by atoms with Crippen molar-refractivity contribution in [2.75, 3.05) is 13.7 Å². The summed E-state index contributed by atoms with van der Waals surface area (Å²) in [7, 11) is 1.62. The Balaban J connectivity index is 2.66. The van der Waals surface area contributed by atoms with Crippen molar-refractivity contribution in [1.82, 2.24) is 0 Å². The zero-order valence-corrected chi connectivity index (χ0v) is 10.2. The Hall–Kier alpha value is -1.55. The minimum Gasteiger partial charge on any atom is -0.497 e. The average Bonchev–Trinajstić information content (AvgIpc) is 2.30. The molecule has 0 bridgehead atoms. The van der Waals surface area contributed by atoms with Gasteiger partial charge in [-0.05, 0) is 30.0 Å². The third-order valence-corrected chi connectivity index (χ3v) is 2.97. The van der Waals surface area contributed by atoms with Gasteiger partial charge in [0.05, 0.1) is 13.0 Å². The van der Waals surface area contributed by atoms with Crippen LogP contribution in [0.5, 0.6) is 5.75 Å². The lowest BCUT2D eigenvalue weighted by molar-refractivity contribution is -0.143. The van der Waals surface area contributed by atoms with E-state index in [0.717, 1.165) is 11.3 Å². The molecule has 2 atom stereocenters. The summed E-state index contributed by atoms with van der Waals surface area (Å²) in [5, 5.41) is 9.00. The fourth-order valence-electron chi connectivity index (χ4n) is 1.85. The number of carboxylic acids is 1. The number of nitrogens with two attached hydrogens (primary N) is 1. The van der Waals surface area contributed by atoms with Gasteiger partial charge in [0.25, 0.3) is 0 Å². The third-order valence-electron chi connectivity index (χ3n) is 2.97. The minimum absolute atomic E-state index is 0.0193. The van der Waals surface area contributed by atoms with Crippen molar-refractivity contribution < 1.29 is 14.6 Å². The van der Waals surface area contributed by atoms with Gasteiger partial charge in [0.15, 0.2) is 0 Å². The first-order valence-corrected chi connectivity index (χ1v) is 5.64. The van der Waals surface area contributed by atoms with E-state index in [-0.39, 0.29) is 12.5 Å². The molecule has 0 aliphatic carbocycles. The highest BCUT2D eigenvalue weighted by Crippen LogP contribution is 2.19. The van der Waals surface area contributed by atoms with Gasteiger partial charge in [0, 0.05) is 6.54 Å². The molecule has 0 saturated heterocycles. The monoisotopic (exact) mass is 237 g/mol. The molecule has 0 aliphatic heterocycles. The molecule has 0 heterocycles. The van der Waals surface area contributed by atoms with Crippen LogP contribution in [0.1, 0.15) is 12.5 Å². The molecule has 2 unspecified atom stereocenters. The molecule has 0 amide bonds. The number of ether oxygens (including phenoxy) is 1. The second kappa shape index (κ2) is 6.25. The molecule has 4 nitrogen and oxygen atoms in total. The Morgan fingerprint density at radius 2 is 2.00 bits per heavy atom. The molecule has 0 aliphatic rings. The maximum Gasteiger partial charge on any atom is 0.308 e. The molecular weight excluding hydrogens is 218 g/mol. The van der Waals surface area contributed by atoms with Gasteiger partial charge in [-0.2, -0.15) is 0 Å². The third kappa shape index (κ3) is 3.75. The summed E-state index contributed by atoms with van der Waals surface area (Å²) in [6.45, 7) is 2.09. The quantitative estimate of drug-likeness (QED) is 0.787. The number of rotatable bonds is 6. The molecule has 3 N–H and O–H groups in total. The molecule has 94 valence electrons. The Morgan fingerprint density at radius 1 is 1.41 bits per heavy atom. The van der Waals surface area contributed by atoms with Crippen LogP contribution >= 0.6 is 0 Å². The van der Waals surface area contributed by atoms with E-state index in [1.54, 1.807) is 7.11 Å². The summed E-state index contributed by atoms with van der Waals surface area (Å²) >= 11 is 0. The van der Waals surface area contributed by atoms with Crippen molar-refractivity contribution in [1.29, 1.82) is 0 Å². The van der Waals surface area contributed by atoms with Gasteiger partial charge in [-0.15, -0.1) is 0 Å².